The first-order chi connectivity index (χ1) is 10.2. The molecule has 0 amide bonds. The van der Waals surface area contributed by atoms with E-state index in [1.165, 1.54) is 30.5 Å². The molecule has 1 aromatic rings. The van der Waals surface area contributed by atoms with Crippen LogP contribution >= 0.6 is 0 Å². The highest BCUT2D eigenvalue weighted by atomic mass is 16.5. The van der Waals surface area contributed by atoms with E-state index in [1.807, 2.05) is 0 Å². The van der Waals surface area contributed by atoms with Crippen LogP contribution in [0.3, 0.4) is 0 Å². The van der Waals surface area contributed by atoms with Crippen LogP contribution in [0.15, 0.2) is 18.2 Å². The molecular weight excluding hydrogens is 260 g/mol. The molecule has 0 aliphatic carbocycles. The lowest BCUT2D eigenvalue weighted by Crippen LogP contribution is -2.37. The van der Waals surface area contributed by atoms with Crippen LogP contribution < -0.4 is 10.1 Å². The zero-order chi connectivity index (χ0) is 15.2. The van der Waals surface area contributed by atoms with E-state index in [0.29, 0.717) is 12.1 Å². The maximum Gasteiger partial charge on any atom is 0.123 e. The molecule has 1 heterocycles. The van der Waals surface area contributed by atoms with E-state index in [-0.39, 0.29) is 0 Å². The van der Waals surface area contributed by atoms with E-state index in [0.717, 1.165) is 25.3 Å². The number of aryl methyl sites for hydroxylation is 1. The number of nitrogens with zero attached hydrogens (tertiary/aromatic N) is 1. The average molecular weight is 290 g/mol. The standard InChI is InChI=1S/C18H30N2O/c1-5-10-19-17(13-20-11-6-7-15(20)3)16-12-14(2)8-9-18(16)21-4/h8-9,12,15,17,19H,5-7,10-11,13H2,1-4H3. The Labute approximate surface area is 129 Å². The Morgan fingerprint density at radius 1 is 1.43 bits per heavy atom. The van der Waals surface area contributed by atoms with Gasteiger partial charge < -0.3 is 10.1 Å². The van der Waals surface area contributed by atoms with Gasteiger partial charge in [-0.25, -0.2) is 0 Å². The average Bonchev–Trinajstić information content (AvgIpc) is 2.88. The van der Waals surface area contributed by atoms with Gasteiger partial charge in [0.25, 0.3) is 0 Å². The fourth-order valence-corrected chi connectivity index (χ4v) is 3.22. The van der Waals surface area contributed by atoms with Gasteiger partial charge in [-0.2, -0.15) is 0 Å². The molecule has 3 heteroatoms. The Hall–Kier alpha value is -1.06. The molecule has 0 spiro atoms. The summed E-state index contributed by atoms with van der Waals surface area (Å²) in [5, 5.41) is 3.71. The third-order valence-electron chi connectivity index (χ3n) is 4.51. The highest BCUT2D eigenvalue weighted by Crippen LogP contribution is 2.29. The molecular formula is C18H30N2O. The Bertz CT molecular complexity index is 447. The molecule has 0 radical (unpaired) electrons. The van der Waals surface area contributed by atoms with Crippen molar-refractivity contribution in [3.8, 4) is 5.75 Å². The SMILES string of the molecule is CCCNC(CN1CCCC1C)c1cc(C)ccc1OC. The second-order valence-electron chi connectivity index (χ2n) is 6.24. The molecule has 118 valence electrons. The summed E-state index contributed by atoms with van der Waals surface area (Å²) in [7, 11) is 1.77. The highest BCUT2D eigenvalue weighted by Gasteiger charge is 2.25. The number of ether oxygens (including phenoxy) is 1. The van der Waals surface area contributed by atoms with Crippen molar-refractivity contribution in [3.05, 3.63) is 29.3 Å². The number of hydrogen-bond acceptors (Lipinski definition) is 3. The summed E-state index contributed by atoms with van der Waals surface area (Å²) >= 11 is 0. The molecule has 1 fully saturated rings. The van der Waals surface area contributed by atoms with E-state index in [4.69, 9.17) is 4.74 Å². The van der Waals surface area contributed by atoms with Crippen LogP contribution in [-0.2, 0) is 0 Å². The number of likely N-dealkylation sites (tertiary alicyclic amines) is 1. The molecule has 1 N–H and O–H groups in total. The van der Waals surface area contributed by atoms with E-state index in [9.17, 15) is 0 Å². The smallest absolute Gasteiger partial charge is 0.123 e. The Morgan fingerprint density at radius 3 is 2.86 bits per heavy atom. The lowest BCUT2D eigenvalue weighted by atomic mass is 10.0. The molecule has 21 heavy (non-hydrogen) atoms. The summed E-state index contributed by atoms with van der Waals surface area (Å²) in [6.07, 6.45) is 3.80. The van der Waals surface area contributed by atoms with Gasteiger partial charge in [0.2, 0.25) is 0 Å². The Balaban J connectivity index is 2.20. The highest BCUT2D eigenvalue weighted by molar-refractivity contribution is 5.39. The fourth-order valence-electron chi connectivity index (χ4n) is 3.22. The second kappa shape index (κ2) is 7.81. The first-order valence-corrected chi connectivity index (χ1v) is 8.27. The first kappa shape index (κ1) is 16.3. The van der Waals surface area contributed by atoms with Crippen molar-refractivity contribution in [2.75, 3.05) is 26.7 Å². The quantitative estimate of drug-likeness (QED) is 0.831. The number of benzene rings is 1. The van der Waals surface area contributed by atoms with Gasteiger partial charge in [0.1, 0.15) is 5.75 Å². The van der Waals surface area contributed by atoms with Gasteiger partial charge in [-0.05, 0) is 52.3 Å². The number of methoxy groups -OCH3 is 1. The van der Waals surface area contributed by atoms with Gasteiger partial charge >= 0.3 is 0 Å². The van der Waals surface area contributed by atoms with E-state index in [1.54, 1.807) is 7.11 Å². The predicted molar refractivity (Wildman–Crippen MR) is 89.0 cm³/mol. The minimum absolute atomic E-state index is 0.348. The van der Waals surface area contributed by atoms with Crippen molar-refractivity contribution >= 4 is 0 Å². The molecule has 0 saturated carbocycles. The van der Waals surface area contributed by atoms with Gasteiger partial charge in [0.05, 0.1) is 7.11 Å². The van der Waals surface area contributed by atoms with Crippen LogP contribution in [0.5, 0.6) is 5.75 Å². The van der Waals surface area contributed by atoms with Gasteiger partial charge in [0.15, 0.2) is 0 Å². The third-order valence-corrected chi connectivity index (χ3v) is 4.51. The molecule has 1 saturated heterocycles. The van der Waals surface area contributed by atoms with Crippen molar-refractivity contribution in [1.82, 2.24) is 10.2 Å². The normalized spacial score (nSPS) is 20.7. The molecule has 1 aliphatic rings. The molecule has 2 atom stereocenters. The van der Waals surface area contributed by atoms with Gasteiger partial charge in [-0.1, -0.05) is 24.6 Å². The first-order valence-electron chi connectivity index (χ1n) is 8.27. The molecule has 1 aromatic carbocycles. The molecule has 2 unspecified atom stereocenters. The van der Waals surface area contributed by atoms with Crippen LogP contribution in [-0.4, -0.2) is 37.7 Å². The molecule has 1 aliphatic heterocycles. The van der Waals surface area contributed by atoms with E-state index in [2.05, 4.69) is 49.2 Å². The zero-order valence-corrected chi connectivity index (χ0v) is 14.0. The lowest BCUT2D eigenvalue weighted by molar-refractivity contribution is 0.235. The van der Waals surface area contributed by atoms with Crippen LogP contribution in [0.1, 0.15) is 50.3 Å². The monoisotopic (exact) mass is 290 g/mol. The topological polar surface area (TPSA) is 24.5 Å². The lowest BCUT2D eigenvalue weighted by Gasteiger charge is -2.29. The molecule has 3 nitrogen and oxygen atoms in total. The zero-order valence-electron chi connectivity index (χ0n) is 14.0. The van der Waals surface area contributed by atoms with Crippen LogP contribution in [0.4, 0.5) is 0 Å². The van der Waals surface area contributed by atoms with E-state index >= 15 is 0 Å². The maximum atomic E-state index is 5.59. The number of nitrogens with one attached hydrogen (secondary N) is 1. The minimum atomic E-state index is 0.348. The minimum Gasteiger partial charge on any atom is -0.496 e. The maximum absolute atomic E-state index is 5.59. The molecule has 2 rings (SSSR count). The summed E-state index contributed by atoms with van der Waals surface area (Å²) in [4.78, 5) is 2.61. The summed E-state index contributed by atoms with van der Waals surface area (Å²) in [6, 6.07) is 7.54. The summed E-state index contributed by atoms with van der Waals surface area (Å²) in [5.74, 6) is 1.00. The predicted octanol–water partition coefficient (Wildman–Crippen LogP) is 3.53. The fraction of sp³-hybridized carbons (Fsp3) is 0.667. The second-order valence-corrected chi connectivity index (χ2v) is 6.24. The van der Waals surface area contributed by atoms with Crippen LogP contribution in [0.25, 0.3) is 0 Å². The van der Waals surface area contributed by atoms with Crippen molar-refractivity contribution in [2.45, 2.75) is 52.1 Å². The van der Waals surface area contributed by atoms with E-state index < -0.39 is 0 Å². The van der Waals surface area contributed by atoms with Crippen molar-refractivity contribution < 1.29 is 4.74 Å². The number of rotatable bonds is 7. The number of hydrogen-bond donors (Lipinski definition) is 1. The summed E-state index contributed by atoms with van der Waals surface area (Å²) in [5.41, 5.74) is 2.59. The van der Waals surface area contributed by atoms with Crippen LogP contribution in [0.2, 0.25) is 0 Å². The third kappa shape index (κ3) is 4.21. The van der Waals surface area contributed by atoms with Crippen molar-refractivity contribution in [2.24, 2.45) is 0 Å². The Morgan fingerprint density at radius 2 is 2.24 bits per heavy atom. The molecule has 0 bridgehead atoms. The van der Waals surface area contributed by atoms with Crippen LogP contribution in [0, 0.1) is 6.92 Å². The summed E-state index contributed by atoms with van der Waals surface area (Å²) < 4.78 is 5.59. The van der Waals surface area contributed by atoms with Gasteiger partial charge in [-0.3, -0.25) is 4.90 Å². The summed E-state index contributed by atoms with van der Waals surface area (Å²) in [6.45, 7) is 10.1. The Kier molecular flexibility index (Phi) is 6.07. The van der Waals surface area contributed by atoms with Gasteiger partial charge in [0, 0.05) is 24.2 Å². The van der Waals surface area contributed by atoms with Crippen molar-refractivity contribution in [3.63, 3.8) is 0 Å². The largest absolute Gasteiger partial charge is 0.496 e. The van der Waals surface area contributed by atoms with Crippen molar-refractivity contribution in [1.29, 1.82) is 0 Å². The van der Waals surface area contributed by atoms with Gasteiger partial charge in [-0.15, -0.1) is 0 Å². The molecule has 0 aromatic heterocycles.